The fourth-order valence-electron chi connectivity index (χ4n) is 3.66. The second-order valence-electron chi connectivity index (χ2n) is 6.30. The summed E-state index contributed by atoms with van der Waals surface area (Å²) in [6, 6.07) is 13.9. The van der Waals surface area contributed by atoms with E-state index in [2.05, 4.69) is 6.07 Å². The maximum Gasteiger partial charge on any atom is 0.122 e. The molecule has 1 heterocycles. The molecule has 0 spiro atoms. The maximum atomic E-state index is 6.34. The summed E-state index contributed by atoms with van der Waals surface area (Å²) in [5.74, 6) is 7.60. The molecule has 1 saturated heterocycles. The minimum atomic E-state index is 0. The van der Waals surface area contributed by atoms with E-state index in [0.29, 0.717) is 5.92 Å². The van der Waals surface area contributed by atoms with Gasteiger partial charge in [-0.05, 0) is 66.6 Å². The molecule has 1 aliphatic heterocycles. The first-order chi connectivity index (χ1) is 11.6. The number of rotatable bonds is 4. The molecule has 3 rings (SSSR count). The number of ether oxygens (including phenoxy) is 1. The highest BCUT2D eigenvalue weighted by molar-refractivity contribution is 6.30. The summed E-state index contributed by atoms with van der Waals surface area (Å²) in [5.41, 5.74) is 2.29. The third-order valence-electron chi connectivity index (χ3n) is 4.71. The highest BCUT2D eigenvalue weighted by atomic mass is 35.5. The van der Waals surface area contributed by atoms with E-state index in [1.165, 1.54) is 0 Å². The highest BCUT2D eigenvalue weighted by Crippen LogP contribution is 2.38. The van der Waals surface area contributed by atoms with Gasteiger partial charge in [0.25, 0.3) is 0 Å². The lowest BCUT2D eigenvalue weighted by Crippen LogP contribution is -2.44. The first-order valence-electron chi connectivity index (χ1n) is 8.17. The van der Waals surface area contributed by atoms with E-state index in [-0.39, 0.29) is 30.9 Å². The molecule has 144 valence electrons. The van der Waals surface area contributed by atoms with Gasteiger partial charge in [-0.15, -0.1) is 24.8 Å². The molecule has 1 fully saturated rings. The number of methoxy groups -OCH3 is 1. The van der Waals surface area contributed by atoms with E-state index in [9.17, 15) is 0 Å². The van der Waals surface area contributed by atoms with Crippen LogP contribution in [0.25, 0.3) is 0 Å². The Labute approximate surface area is 177 Å². The van der Waals surface area contributed by atoms with E-state index in [0.717, 1.165) is 52.7 Å². The molecular formula is C19H24Cl4N2O. The topological polar surface area (TPSA) is 38.5 Å². The number of piperidine rings is 1. The lowest BCUT2D eigenvalue weighted by molar-refractivity contribution is 0.0923. The zero-order chi connectivity index (χ0) is 17.1. The molecule has 0 bridgehead atoms. The van der Waals surface area contributed by atoms with Crippen LogP contribution in [0, 0.1) is 5.92 Å². The van der Waals surface area contributed by atoms with Gasteiger partial charge in [0.15, 0.2) is 0 Å². The van der Waals surface area contributed by atoms with Crippen molar-refractivity contribution in [2.24, 2.45) is 11.8 Å². The quantitative estimate of drug-likeness (QED) is 0.622. The number of hydrogen-bond acceptors (Lipinski definition) is 3. The van der Waals surface area contributed by atoms with Crippen molar-refractivity contribution in [3.63, 3.8) is 0 Å². The summed E-state index contributed by atoms with van der Waals surface area (Å²) in [4.78, 5) is 0. The first-order valence-corrected chi connectivity index (χ1v) is 8.93. The molecule has 0 aromatic heterocycles. The van der Waals surface area contributed by atoms with Crippen LogP contribution in [0.5, 0.6) is 5.75 Å². The van der Waals surface area contributed by atoms with Crippen molar-refractivity contribution >= 4 is 48.0 Å². The van der Waals surface area contributed by atoms with Crippen molar-refractivity contribution in [2.75, 3.05) is 13.7 Å². The van der Waals surface area contributed by atoms with Crippen molar-refractivity contribution in [2.45, 2.75) is 25.3 Å². The molecule has 26 heavy (non-hydrogen) atoms. The first kappa shape index (κ1) is 23.4. The Bertz CT molecular complexity index is 714. The zero-order valence-corrected chi connectivity index (χ0v) is 17.7. The van der Waals surface area contributed by atoms with E-state index < -0.39 is 0 Å². The van der Waals surface area contributed by atoms with E-state index >= 15 is 0 Å². The molecular weight excluding hydrogens is 414 g/mol. The van der Waals surface area contributed by atoms with Crippen molar-refractivity contribution in [3.05, 3.63) is 63.6 Å². The summed E-state index contributed by atoms with van der Waals surface area (Å²) in [7, 11) is 1.69. The van der Waals surface area contributed by atoms with Gasteiger partial charge in [-0.2, -0.15) is 0 Å². The number of nitrogens with two attached hydrogens (primary N) is 1. The second-order valence-corrected chi connectivity index (χ2v) is 7.17. The second kappa shape index (κ2) is 10.6. The third kappa shape index (κ3) is 5.41. The average molecular weight is 438 g/mol. The molecule has 0 amide bonds. The number of nitrogens with zero attached hydrogens (tertiary/aromatic N) is 1. The summed E-state index contributed by atoms with van der Waals surface area (Å²) >= 11 is 12.4. The SMILES string of the molecule is COc1ccc(Cl)cc1C[C@H]1CCCN(N)[C@H]1c1cccc(Cl)c1.Cl.Cl. The summed E-state index contributed by atoms with van der Waals surface area (Å²) < 4.78 is 5.50. The Morgan fingerprint density at radius 1 is 1.12 bits per heavy atom. The molecule has 0 radical (unpaired) electrons. The summed E-state index contributed by atoms with van der Waals surface area (Å²) in [6.07, 6.45) is 3.07. The van der Waals surface area contributed by atoms with Gasteiger partial charge in [-0.1, -0.05) is 35.3 Å². The van der Waals surface area contributed by atoms with Crippen molar-refractivity contribution in [1.29, 1.82) is 0 Å². The Balaban J connectivity index is 0.00000169. The van der Waals surface area contributed by atoms with Crippen LogP contribution in [0.15, 0.2) is 42.5 Å². The predicted octanol–water partition coefficient (Wildman–Crippen LogP) is 5.72. The fraction of sp³-hybridized carbons (Fsp3) is 0.368. The van der Waals surface area contributed by atoms with Gasteiger partial charge in [0.05, 0.1) is 13.2 Å². The zero-order valence-electron chi connectivity index (χ0n) is 14.5. The van der Waals surface area contributed by atoms with Crippen LogP contribution in [0.4, 0.5) is 0 Å². The number of hydrogen-bond donors (Lipinski definition) is 1. The van der Waals surface area contributed by atoms with E-state index in [1.54, 1.807) is 7.11 Å². The molecule has 1 aliphatic rings. The molecule has 0 aliphatic carbocycles. The highest BCUT2D eigenvalue weighted by Gasteiger charge is 2.32. The maximum absolute atomic E-state index is 6.34. The lowest BCUT2D eigenvalue weighted by Gasteiger charge is -2.39. The lowest BCUT2D eigenvalue weighted by atomic mass is 9.81. The Kier molecular flexibility index (Phi) is 9.53. The third-order valence-corrected chi connectivity index (χ3v) is 5.18. The summed E-state index contributed by atoms with van der Waals surface area (Å²) in [5, 5.41) is 3.41. The van der Waals surface area contributed by atoms with Crippen LogP contribution in [0.2, 0.25) is 10.0 Å². The number of halogens is 4. The molecule has 0 unspecified atom stereocenters. The molecule has 0 saturated carbocycles. The minimum Gasteiger partial charge on any atom is -0.496 e. The average Bonchev–Trinajstić information content (AvgIpc) is 2.55. The van der Waals surface area contributed by atoms with Crippen molar-refractivity contribution in [1.82, 2.24) is 5.01 Å². The number of benzene rings is 2. The molecule has 2 aromatic carbocycles. The van der Waals surface area contributed by atoms with Crippen LogP contribution in [0.3, 0.4) is 0 Å². The van der Waals surface area contributed by atoms with Crippen LogP contribution >= 0.6 is 48.0 Å². The minimum absolute atomic E-state index is 0. The molecule has 2 atom stereocenters. The van der Waals surface area contributed by atoms with Crippen molar-refractivity contribution in [3.8, 4) is 5.75 Å². The predicted molar refractivity (Wildman–Crippen MR) is 114 cm³/mol. The smallest absolute Gasteiger partial charge is 0.122 e. The number of hydrazine groups is 1. The van der Waals surface area contributed by atoms with Crippen LogP contribution in [-0.2, 0) is 6.42 Å². The molecule has 2 aromatic rings. The van der Waals surface area contributed by atoms with Gasteiger partial charge >= 0.3 is 0 Å². The standard InChI is InChI=1S/C19H22Cl2N2O.2ClH/c1-24-18-8-7-17(21)12-15(18)10-13-5-3-9-23(22)19(13)14-4-2-6-16(20)11-14;;/h2,4,6-8,11-13,19H,3,5,9-10,22H2,1H3;2*1H/t13-,19-;;/m1../s1. The van der Waals surface area contributed by atoms with Gasteiger partial charge < -0.3 is 4.74 Å². The van der Waals surface area contributed by atoms with Crippen LogP contribution < -0.4 is 10.6 Å². The Hall–Kier alpha value is -0.680. The van der Waals surface area contributed by atoms with E-state index in [4.69, 9.17) is 33.8 Å². The van der Waals surface area contributed by atoms with Gasteiger partial charge in [-0.25, -0.2) is 5.01 Å². The molecule has 3 nitrogen and oxygen atoms in total. The van der Waals surface area contributed by atoms with Gasteiger partial charge in [0.2, 0.25) is 0 Å². The van der Waals surface area contributed by atoms with Gasteiger partial charge in [0.1, 0.15) is 5.75 Å². The van der Waals surface area contributed by atoms with Crippen LogP contribution in [0.1, 0.15) is 30.0 Å². The largest absolute Gasteiger partial charge is 0.496 e. The Morgan fingerprint density at radius 2 is 1.85 bits per heavy atom. The summed E-state index contributed by atoms with van der Waals surface area (Å²) in [6.45, 7) is 0.889. The van der Waals surface area contributed by atoms with E-state index in [1.807, 2.05) is 41.4 Å². The van der Waals surface area contributed by atoms with Gasteiger partial charge in [0, 0.05) is 16.6 Å². The Morgan fingerprint density at radius 3 is 2.54 bits per heavy atom. The molecule has 2 N–H and O–H groups in total. The van der Waals surface area contributed by atoms with Gasteiger partial charge in [-0.3, -0.25) is 5.84 Å². The normalized spacial score (nSPS) is 20.0. The molecule has 7 heteroatoms. The monoisotopic (exact) mass is 436 g/mol. The van der Waals surface area contributed by atoms with Crippen LogP contribution in [-0.4, -0.2) is 18.7 Å². The van der Waals surface area contributed by atoms with Crippen molar-refractivity contribution < 1.29 is 4.74 Å². The fourth-order valence-corrected chi connectivity index (χ4v) is 4.05.